The molecule has 0 radical (unpaired) electrons. The van der Waals surface area contributed by atoms with Gasteiger partial charge < -0.3 is 13.3 Å². The summed E-state index contributed by atoms with van der Waals surface area (Å²) in [5, 5.41) is 1.19. The minimum absolute atomic E-state index is 0.664. The Hall–Kier alpha value is -1.17. The first kappa shape index (κ1) is 10.4. The van der Waals surface area contributed by atoms with Gasteiger partial charge in [0.1, 0.15) is 0 Å². The molecule has 0 amide bonds. The van der Waals surface area contributed by atoms with E-state index in [1.165, 1.54) is 10.9 Å². The lowest BCUT2D eigenvalue weighted by atomic mass is 10.2. The lowest BCUT2D eigenvalue weighted by Gasteiger charge is -2.19. The van der Waals surface area contributed by atoms with Gasteiger partial charge in [-0.05, 0) is 5.56 Å². The number of hydrogen-bond donors (Lipinski definition) is 0. The zero-order valence-corrected chi connectivity index (χ0v) is 9.23. The molecule has 0 spiro atoms. The third-order valence-corrected chi connectivity index (χ3v) is 2.77. The van der Waals surface area contributed by atoms with Gasteiger partial charge in [0.05, 0.1) is 0 Å². The Morgan fingerprint density at radius 3 is 2.07 bits per heavy atom. The van der Waals surface area contributed by atoms with Crippen molar-refractivity contribution in [2.45, 2.75) is 6.61 Å². The van der Waals surface area contributed by atoms with Gasteiger partial charge in [-0.25, -0.2) is 0 Å². The maximum absolute atomic E-state index is 5.58. The molecule has 1 nitrogen and oxygen atoms in total. The molecule has 0 aliphatic rings. The average molecular weight is 215 g/mol. The second kappa shape index (κ2) is 5.65. The van der Waals surface area contributed by atoms with E-state index in [-0.39, 0.29) is 0 Å². The molecule has 2 aromatic rings. The van der Waals surface area contributed by atoms with Gasteiger partial charge >= 0.3 is 0 Å². The van der Waals surface area contributed by atoms with Crippen LogP contribution in [0.2, 0.25) is 0 Å². The van der Waals surface area contributed by atoms with Gasteiger partial charge in [0, 0.05) is 6.61 Å². The highest BCUT2D eigenvalue weighted by Gasteiger charge is 1.84. The lowest BCUT2D eigenvalue weighted by Crippen LogP contribution is -1.93. The minimum atomic E-state index is 0.664. The van der Waals surface area contributed by atoms with E-state index in [4.69, 9.17) is 4.52 Å². The summed E-state index contributed by atoms with van der Waals surface area (Å²) >= 11 is 0. The third-order valence-electron chi connectivity index (χ3n) is 2.00. The monoisotopic (exact) mass is 215 g/mol. The molecular weight excluding hydrogens is 203 g/mol. The Bertz CT molecular complexity index is 346. The van der Waals surface area contributed by atoms with Crippen LogP contribution in [0.15, 0.2) is 60.7 Å². The lowest BCUT2D eigenvalue weighted by molar-refractivity contribution is 0.356. The van der Waals surface area contributed by atoms with E-state index < -0.39 is 0 Å². The van der Waals surface area contributed by atoms with Gasteiger partial charge in [-0.15, -0.1) is 0 Å². The summed E-state index contributed by atoms with van der Waals surface area (Å²) in [5.74, 6) is 0. The molecule has 0 aliphatic carbocycles. The van der Waals surface area contributed by atoms with Crippen LogP contribution in [0.25, 0.3) is 0 Å². The maximum Gasteiger partial charge on any atom is 0.0380 e. The van der Waals surface area contributed by atoms with Crippen molar-refractivity contribution >= 4 is 14.1 Å². The topological polar surface area (TPSA) is 9.23 Å². The molecule has 0 atom stereocenters. The molecule has 76 valence electrons. The van der Waals surface area contributed by atoms with Crippen LogP contribution in [0.4, 0.5) is 0 Å². The molecule has 2 aromatic carbocycles. The van der Waals surface area contributed by atoms with E-state index in [0.29, 0.717) is 6.61 Å². The summed E-state index contributed by atoms with van der Waals surface area (Å²) in [4.78, 5) is 0. The molecule has 0 aromatic heterocycles. The molecule has 0 saturated heterocycles. The highest BCUT2D eigenvalue weighted by molar-refractivity contribution is 7.41. The fourth-order valence-electron chi connectivity index (χ4n) is 1.24. The predicted molar refractivity (Wildman–Crippen MR) is 64.2 cm³/mol. The Morgan fingerprint density at radius 2 is 1.40 bits per heavy atom. The Balaban J connectivity index is 1.81. The molecule has 0 N–H and O–H groups in total. The van der Waals surface area contributed by atoms with Crippen molar-refractivity contribution < 1.29 is 4.52 Å². The SMILES string of the molecule is c1ccc(CO[P-]c2ccccc2)cc1. The standard InChI is InChI=1S/C13H12OP/c1-3-7-12(8-4-1)11-14-15-13-9-5-2-6-10-13/h1-10H,11H2/q-1. The largest absolute Gasteiger partial charge is 0.549 e. The van der Waals surface area contributed by atoms with E-state index >= 15 is 0 Å². The smallest absolute Gasteiger partial charge is 0.0380 e. The summed E-state index contributed by atoms with van der Waals surface area (Å²) in [5.41, 5.74) is 1.21. The van der Waals surface area contributed by atoms with Crippen molar-refractivity contribution in [3.05, 3.63) is 66.2 Å². The van der Waals surface area contributed by atoms with Crippen molar-refractivity contribution in [3.8, 4) is 0 Å². The molecule has 0 fully saturated rings. The first-order chi connectivity index (χ1) is 7.45. The van der Waals surface area contributed by atoms with Gasteiger partial charge in [0.25, 0.3) is 0 Å². The quantitative estimate of drug-likeness (QED) is 0.710. The Labute approximate surface area is 92.0 Å². The Kier molecular flexibility index (Phi) is 3.90. The van der Waals surface area contributed by atoms with Crippen LogP contribution in [0.3, 0.4) is 0 Å². The second-order valence-corrected chi connectivity index (χ2v) is 4.14. The number of hydrogen-bond acceptors (Lipinski definition) is 1. The highest BCUT2D eigenvalue weighted by atomic mass is 31.1. The number of rotatable bonds is 4. The molecule has 2 heteroatoms. The molecule has 15 heavy (non-hydrogen) atoms. The second-order valence-electron chi connectivity index (χ2n) is 3.19. The van der Waals surface area contributed by atoms with Crippen LogP contribution < -0.4 is 5.30 Å². The molecular formula is C13H12OP-. The molecule has 0 saturated carbocycles. The van der Waals surface area contributed by atoms with Crippen molar-refractivity contribution in [3.63, 3.8) is 0 Å². The zero-order chi connectivity index (χ0) is 10.3. The molecule has 0 aliphatic heterocycles. The van der Waals surface area contributed by atoms with Crippen LogP contribution in [0.1, 0.15) is 5.56 Å². The van der Waals surface area contributed by atoms with Crippen LogP contribution >= 0.6 is 8.81 Å². The highest BCUT2D eigenvalue weighted by Crippen LogP contribution is 2.14. The minimum Gasteiger partial charge on any atom is -0.549 e. The van der Waals surface area contributed by atoms with Crippen LogP contribution in [-0.2, 0) is 11.1 Å². The summed E-state index contributed by atoms with van der Waals surface area (Å²) in [6.07, 6.45) is 0. The fraction of sp³-hybridized carbons (Fsp3) is 0.0769. The molecule has 0 bridgehead atoms. The average Bonchev–Trinajstić information content (AvgIpc) is 2.32. The molecule has 2 rings (SSSR count). The van der Waals surface area contributed by atoms with Crippen LogP contribution in [-0.4, -0.2) is 0 Å². The van der Waals surface area contributed by atoms with E-state index in [1.54, 1.807) is 0 Å². The van der Waals surface area contributed by atoms with Crippen molar-refractivity contribution in [2.75, 3.05) is 0 Å². The molecule has 0 unspecified atom stereocenters. The first-order valence-corrected chi connectivity index (χ1v) is 5.68. The van der Waals surface area contributed by atoms with Crippen LogP contribution in [0.5, 0.6) is 0 Å². The normalized spacial score (nSPS) is 10.9. The fourth-order valence-corrected chi connectivity index (χ4v) is 1.90. The summed E-state index contributed by atoms with van der Waals surface area (Å²) < 4.78 is 5.58. The summed E-state index contributed by atoms with van der Waals surface area (Å²) in [6.45, 7) is 0.664. The van der Waals surface area contributed by atoms with E-state index in [2.05, 4.69) is 24.3 Å². The van der Waals surface area contributed by atoms with Gasteiger partial charge in [0.15, 0.2) is 0 Å². The maximum atomic E-state index is 5.58. The van der Waals surface area contributed by atoms with Crippen molar-refractivity contribution in [2.24, 2.45) is 0 Å². The third kappa shape index (κ3) is 3.47. The van der Waals surface area contributed by atoms with Crippen molar-refractivity contribution in [1.82, 2.24) is 0 Å². The van der Waals surface area contributed by atoms with Gasteiger partial charge in [-0.1, -0.05) is 60.7 Å². The van der Waals surface area contributed by atoms with Crippen molar-refractivity contribution in [1.29, 1.82) is 0 Å². The number of benzene rings is 2. The Morgan fingerprint density at radius 1 is 0.800 bits per heavy atom. The van der Waals surface area contributed by atoms with E-state index in [9.17, 15) is 0 Å². The summed E-state index contributed by atoms with van der Waals surface area (Å²) in [6, 6.07) is 20.4. The summed E-state index contributed by atoms with van der Waals surface area (Å²) in [7, 11) is 0.923. The van der Waals surface area contributed by atoms with Gasteiger partial charge in [-0.2, -0.15) is 5.30 Å². The first-order valence-electron chi connectivity index (χ1n) is 4.87. The van der Waals surface area contributed by atoms with Crippen LogP contribution in [0, 0.1) is 0 Å². The van der Waals surface area contributed by atoms with Gasteiger partial charge in [0.2, 0.25) is 0 Å². The van der Waals surface area contributed by atoms with E-state index in [1.807, 2.05) is 36.4 Å². The van der Waals surface area contributed by atoms with Gasteiger partial charge in [-0.3, -0.25) is 0 Å². The zero-order valence-electron chi connectivity index (χ0n) is 8.34. The molecule has 0 heterocycles. The predicted octanol–water partition coefficient (Wildman–Crippen LogP) is 3.39. The van der Waals surface area contributed by atoms with E-state index in [0.717, 1.165) is 8.81 Å².